The predicted molar refractivity (Wildman–Crippen MR) is 82.6 cm³/mol. The molecule has 1 aromatic rings. The number of phenolic OH excluding ortho intramolecular Hbond substituents is 2. The molecule has 0 saturated carbocycles. The van der Waals surface area contributed by atoms with E-state index in [2.05, 4.69) is 0 Å². The molecule has 2 atom stereocenters. The maximum atomic E-state index is 11.7. The van der Waals surface area contributed by atoms with Gasteiger partial charge < -0.3 is 20.7 Å². The number of carbonyl (C=O) groups excluding carboxylic acids is 2. The van der Waals surface area contributed by atoms with Crippen molar-refractivity contribution in [3.63, 3.8) is 0 Å². The SMILES string of the molecule is CC(OC[C@@](C)(N)Cc1ccc(O)c(O)c1)N1C(=O)CCC1=O. The number of nitrogens with zero attached hydrogens (tertiary/aromatic N) is 1. The van der Waals surface area contributed by atoms with Crippen molar-refractivity contribution in [3.05, 3.63) is 23.8 Å². The lowest BCUT2D eigenvalue weighted by atomic mass is 9.94. The Morgan fingerprint density at radius 3 is 2.43 bits per heavy atom. The lowest BCUT2D eigenvalue weighted by Gasteiger charge is -2.29. The van der Waals surface area contributed by atoms with Crippen molar-refractivity contribution in [2.75, 3.05) is 6.61 Å². The summed E-state index contributed by atoms with van der Waals surface area (Å²) in [5.74, 6) is -0.862. The molecule has 0 radical (unpaired) electrons. The Balaban J connectivity index is 1.94. The van der Waals surface area contributed by atoms with Crippen LogP contribution in [-0.2, 0) is 20.7 Å². The Bertz CT molecular complexity index is 598. The van der Waals surface area contributed by atoms with Gasteiger partial charge in [-0.25, -0.2) is 0 Å². The minimum atomic E-state index is -0.760. The number of ether oxygens (including phenoxy) is 1. The number of nitrogens with two attached hydrogens (primary N) is 1. The van der Waals surface area contributed by atoms with Gasteiger partial charge in [-0.1, -0.05) is 6.07 Å². The number of likely N-dealkylation sites (tertiary alicyclic amines) is 1. The van der Waals surface area contributed by atoms with Gasteiger partial charge in [0, 0.05) is 18.4 Å². The Hall–Kier alpha value is -2.12. The lowest BCUT2D eigenvalue weighted by Crippen LogP contribution is -2.47. The molecule has 7 nitrogen and oxygen atoms in total. The number of benzene rings is 1. The van der Waals surface area contributed by atoms with Gasteiger partial charge in [0.2, 0.25) is 11.8 Å². The lowest BCUT2D eigenvalue weighted by molar-refractivity contribution is -0.153. The second kappa shape index (κ2) is 6.55. The summed E-state index contributed by atoms with van der Waals surface area (Å²) >= 11 is 0. The highest BCUT2D eigenvalue weighted by Gasteiger charge is 2.34. The van der Waals surface area contributed by atoms with E-state index in [0.717, 1.165) is 10.5 Å². The molecule has 2 rings (SSSR count). The first-order chi connectivity index (χ1) is 10.7. The van der Waals surface area contributed by atoms with Crippen molar-refractivity contribution in [3.8, 4) is 11.5 Å². The van der Waals surface area contributed by atoms with Gasteiger partial charge in [-0.05, 0) is 38.0 Å². The third-order valence-electron chi connectivity index (χ3n) is 3.76. The van der Waals surface area contributed by atoms with E-state index < -0.39 is 11.8 Å². The molecule has 1 aliphatic heterocycles. The molecule has 0 spiro atoms. The second-order valence-corrected chi connectivity index (χ2v) is 6.22. The first kappa shape index (κ1) is 17.2. The van der Waals surface area contributed by atoms with Gasteiger partial charge in [0.1, 0.15) is 6.23 Å². The summed E-state index contributed by atoms with van der Waals surface area (Å²) in [7, 11) is 0. The standard InChI is InChI=1S/C16H22N2O5/c1-10(18-14(21)5-6-15(18)22)23-9-16(2,17)8-11-3-4-12(19)13(20)7-11/h3-4,7,10,19-20H,5-6,8-9,17H2,1-2H3/t10?,16-/m0/s1. The van der Waals surface area contributed by atoms with Crippen molar-refractivity contribution in [1.82, 2.24) is 4.90 Å². The van der Waals surface area contributed by atoms with Crippen LogP contribution in [0.2, 0.25) is 0 Å². The van der Waals surface area contributed by atoms with E-state index in [4.69, 9.17) is 10.5 Å². The molecular formula is C16H22N2O5. The van der Waals surface area contributed by atoms with Crippen molar-refractivity contribution in [1.29, 1.82) is 0 Å². The summed E-state index contributed by atoms with van der Waals surface area (Å²) in [6.07, 6.45) is 0.182. The van der Waals surface area contributed by atoms with Gasteiger partial charge in [-0.15, -0.1) is 0 Å². The van der Waals surface area contributed by atoms with Crippen LogP contribution in [-0.4, -0.2) is 45.3 Å². The molecule has 0 bridgehead atoms. The van der Waals surface area contributed by atoms with Crippen molar-refractivity contribution in [2.45, 2.75) is 44.9 Å². The van der Waals surface area contributed by atoms with Crippen LogP contribution >= 0.6 is 0 Å². The summed E-state index contributed by atoms with van der Waals surface area (Å²) < 4.78 is 5.61. The van der Waals surface area contributed by atoms with Crippen LogP contribution in [0.1, 0.15) is 32.3 Å². The molecule has 1 aromatic carbocycles. The molecule has 126 valence electrons. The van der Waals surface area contributed by atoms with E-state index in [0.29, 0.717) is 6.42 Å². The highest BCUT2D eigenvalue weighted by Crippen LogP contribution is 2.26. The monoisotopic (exact) mass is 322 g/mol. The molecule has 1 saturated heterocycles. The zero-order valence-electron chi connectivity index (χ0n) is 13.3. The maximum absolute atomic E-state index is 11.7. The minimum Gasteiger partial charge on any atom is -0.504 e. The Morgan fingerprint density at radius 1 is 1.26 bits per heavy atom. The normalized spacial score (nSPS) is 19.0. The van der Waals surface area contributed by atoms with E-state index in [1.807, 2.05) is 0 Å². The maximum Gasteiger partial charge on any atom is 0.231 e. The van der Waals surface area contributed by atoms with E-state index in [1.165, 1.54) is 12.1 Å². The van der Waals surface area contributed by atoms with Crippen LogP contribution in [0, 0.1) is 0 Å². The summed E-state index contributed by atoms with van der Waals surface area (Å²) in [5.41, 5.74) is 6.18. The zero-order chi connectivity index (χ0) is 17.2. The van der Waals surface area contributed by atoms with E-state index in [9.17, 15) is 19.8 Å². The van der Waals surface area contributed by atoms with Crippen LogP contribution in [0.15, 0.2) is 18.2 Å². The molecule has 0 aliphatic carbocycles. The average Bonchev–Trinajstić information content (AvgIpc) is 2.79. The summed E-state index contributed by atoms with van der Waals surface area (Å²) in [4.78, 5) is 24.4. The molecular weight excluding hydrogens is 300 g/mol. The number of phenols is 2. The van der Waals surface area contributed by atoms with Gasteiger partial charge in [0.25, 0.3) is 0 Å². The predicted octanol–water partition coefficient (Wildman–Crippen LogP) is 0.869. The molecule has 23 heavy (non-hydrogen) atoms. The number of carbonyl (C=O) groups is 2. The smallest absolute Gasteiger partial charge is 0.231 e. The van der Waals surface area contributed by atoms with Crippen LogP contribution in [0.25, 0.3) is 0 Å². The molecule has 1 aliphatic rings. The Morgan fingerprint density at radius 2 is 1.87 bits per heavy atom. The van der Waals surface area contributed by atoms with Crippen LogP contribution in [0.4, 0.5) is 0 Å². The Kier molecular flexibility index (Phi) is 4.91. The number of hydrogen-bond donors (Lipinski definition) is 3. The number of imide groups is 1. The van der Waals surface area contributed by atoms with Gasteiger partial charge >= 0.3 is 0 Å². The average molecular weight is 322 g/mol. The fourth-order valence-corrected chi connectivity index (χ4v) is 2.58. The van der Waals surface area contributed by atoms with Crippen LogP contribution in [0.3, 0.4) is 0 Å². The number of hydrogen-bond acceptors (Lipinski definition) is 6. The minimum absolute atomic E-state index is 0.132. The second-order valence-electron chi connectivity index (χ2n) is 6.22. The highest BCUT2D eigenvalue weighted by atomic mass is 16.5. The largest absolute Gasteiger partial charge is 0.504 e. The number of amides is 2. The first-order valence-electron chi connectivity index (χ1n) is 7.46. The van der Waals surface area contributed by atoms with Crippen molar-refractivity contribution in [2.24, 2.45) is 5.73 Å². The fourth-order valence-electron chi connectivity index (χ4n) is 2.58. The molecule has 7 heteroatoms. The third kappa shape index (κ3) is 4.20. The van der Waals surface area contributed by atoms with E-state index in [-0.39, 0.29) is 42.8 Å². The molecule has 4 N–H and O–H groups in total. The fraction of sp³-hybridized carbons (Fsp3) is 0.500. The summed E-state index contributed by atoms with van der Waals surface area (Å²) in [6, 6.07) is 4.50. The van der Waals surface area contributed by atoms with Gasteiger partial charge in [0.15, 0.2) is 11.5 Å². The van der Waals surface area contributed by atoms with Crippen molar-refractivity contribution < 1.29 is 24.5 Å². The highest BCUT2D eigenvalue weighted by molar-refractivity contribution is 6.02. The van der Waals surface area contributed by atoms with Gasteiger partial charge in [0.05, 0.1) is 6.61 Å². The quantitative estimate of drug-likeness (QED) is 0.529. The van der Waals surface area contributed by atoms with Crippen molar-refractivity contribution >= 4 is 11.8 Å². The van der Waals surface area contributed by atoms with Crippen LogP contribution < -0.4 is 5.73 Å². The zero-order valence-corrected chi connectivity index (χ0v) is 13.3. The van der Waals surface area contributed by atoms with E-state index >= 15 is 0 Å². The number of rotatable bonds is 6. The Labute approximate surface area is 134 Å². The van der Waals surface area contributed by atoms with Gasteiger partial charge in [-0.3, -0.25) is 14.5 Å². The molecule has 1 unspecified atom stereocenters. The topological polar surface area (TPSA) is 113 Å². The molecule has 0 aromatic heterocycles. The molecule has 2 amide bonds. The first-order valence-corrected chi connectivity index (χ1v) is 7.46. The third-order valence-corrected chi connectivity index (χ3v) is 3.76. The molecule has 1 fully saturated rings. The summed E-state index contributed by atoms with van der Waals surface area (Å²) in [6.45, 7) is 3.55. The summed E-state index contributed by atoms with van der Waals surface area (Å²) in [5, 5.41) is 18.8. The van der Waals surface area contributed by atoms with Gasteiger partial charge in [-0.2, -0.15) is 0 Å². The number of aromatic hydroxyl groups is 2. The van der Waals surface area contributed by atoms with E-state index in [1.54, 1.807) is 19.9 Å². The molecule has 1 heterocycles. The van der Waals surface area contributed by atoms with Crippen LogP contribution in [0.5, 0.6) is 11.5 Å².